The van der Waals surface area contributed by atoms with Crippen LogP contribution in [-0.4, -0.2) is 47.6 Å². The van der Waals surface area contributed by atoms with Gasteiger partial charge in [-0.2, -0.15) is 5.11 Å². The molecule has 0 spiro atoms. The number of likely N-dealkylation sites (tertiary alicyclic amines) is 1. The van der Waals surface area contributed by atoms with Gasteiger partial charge in [-0.05, 0) is 49.5 Å². The highest BCUT2D eigenvalue weighted by molar-refractivity contribution is 7.17. The fourth-order valence-corrected chi connectivity index (χ4v) is 4.55. The second kappa shape index (κ2) is 7.25. The van der Waals surface area contributed by atoms with Crippen molar-refractivity contribution < 1.29 is 5.11 Å². The number of piperidine rings is 1. The molecule has 6 nitrogen and oxygen atoms in total. The van der Waals surface area contributed by atoms with Gasteiger partial charge in [-0.3, -0.25) is 0 Å². The van der Waals surface area contributed by atoms with Crippen LogP contribution < -0.4 is 5.32 Å². The second-order valence-electron chi connectivity index (χ2n) is 6.98. The number of fused-ring (bicyclic) bond motifs is 1. The largest absolute Gasteiger partial charge is 0.507 e. The Balaban J connectivity index is 1.49. The predicted molar refractivity (Wildman–Crippen MR) is 105 cm³/mol. The van der Waals surface area contributed by atoms with Gasteiger partial charge >= 0.3 is 0 Å². The Morgan fingerprint density at radius 1 is 1.35 bits per heavy atom. The van der Waals surface area contributed by atoms with E-state index in [1.54, 1.807) is 11.3 Å². The molecule has 7 heteroatoms. The zero-order chi connectivity index (χ0) is 18.1. The summed E-state index contributed by atoms with van der Waals surface area (Å²) in [6.07, 6.45) is 4.05. The molecule has 0 amide bonds. The number of nitrogens with one attached hydrogen (secondary N) is 1. The first-order valence-corrected chi connectivity index (χ1v) is 10.1. The van der Waals surface area contributed by atoms with E-state index < -0.39 is 0 Å². The minimum absolute atomic E-state index is 0.301. The predicted octanol–water partition coefficient (Wildman–Crippen LogP) is 3.88. The summed E-state index contributed by atoms with van der Waals surface area (Å²) in [5, 5.41) is 25.9. The van der Waals surface area contributed by atoms with Crippen molar-refractivity contribution in [1.29, 1.82) is 0 Å². The van der Waals surface area contributed by atoms with Crippen molar-refractivity contribution in [3.8, 4) is 5.75 Å². The maximum Gasteiger partial charge on any atom is 0.171 e. The molecule has 3 heterocycles. The first-order valence-electron chi connectivity index (χ1n) is 9.18. The highest BCUT2D eigenvalue weighted by atomic mass is 32.1. The quantitative estimate of drug-likeness (QED) is 0.856. The SMILES string of the molecule is CCN1CCCC(NC2=CN(C)[C@@H](c3ccc4sccc4c3O)N=N2)C1. The monoisotopic (exact) mass is 371 g/mol. The van der Waals surface area contributed by atoms with Crippen LogP contribution in [0.25, 0.3) is 10.1 Å². The molecule has 0 bridgehead atoms. The van der Waals surface area contributed by atoms with Crippen LogP contribution in [0.5, 0.6) is 5.75 Å². The first kappa shape index (κ1) is 17.3. The van der Waals surface area contributed by atoms with Crippen LogP contribution in [0.1, 0.15) is 31.5 Å². The van der Waals surface area contributed by atoms with Crippen LogP contribution in [0, 0.1) is 0 Å². The van der Waals surface area contributed by atoms with Crippen molar-refractivity contribution in [3.63, 3.8) is 0 Å². The van der Waals surface area contributed by atoms with Crippen LogP contribution in [0.2, 0.25) is 0 Å². The molecule has 2 aliphatic rings. The van der Waals surface area contributed by atoms with E-state index in [0.717, 1.165) is 41.0 Å². The van der Waals surface area contributed by atoms with E-state index in [9.17, 15) is 5.11 Å². The molecular formula is C19H25N5OS. The molecule has 1 fully saturated rings. The summed E-state index contributed by atoms with van der Waals surface area (Å²) in [4.78, 5) is 4.46. The number of hydrogen-bond donors (Lipinski definition) is 2. The normalized spacial score (nSPS) is 24.1. The van der Waals surface area contributed by atoms with Crippen LogP contribution >= 0.6 is 11.3 Å². The number of rotatable bonds is 4. The number of thiophene rings is 1. The maximum absolute atomic E-state index is 10.6. The Kier molecular flexibility index (Phi) is 4.82. The summed E-state index contributed by atoms with van der Waals surface area (Å²) < 4.78 is 1.08. The number of azo groups is 1. The molecule has 0 saturated carbocycles. The number of likely N-dealkylation sites (N-methyl/N-ethyl adjacent to an activating group) is 1. The van der Waals surface area contributed by atoms with E-state index in [2.05, 4.69) is 27.4 Å². The Bertz CT molecular complexity index is 846. The number of benzene rings is 1. The Labute approximate surface area is 157 Å². The lowest BCUT2D eigenvalue weighted by atomic mass is 10.1. The first-order chi connectivity index (χ1) is 12.7. The molecule has 4 rings (SSSR count). The van der Waals surface area contributed by atoms with Crippen molar-refractivity contribution in [2.24, 2.45) is 10.2 Å². The van der Waals surface area contributed by atoms with Crippen molar-refractivity contribution in [1.82, 2.24) is 15.1 Å². The molecule has 2 atom stereocenters. The third-order valence-electron chi connectivity index (χ3n) is 5.21. The van der Waals surface area contributed by atoms with Gasteiger partial charge in [0.1, 0.15) is 5.75 Å². The zero-order valence-electron chi connectivity index (χ0n) is 15.2. The van der Waals surface area contributed by atoms with E-state index in [-0.39, 0.29) is 6.17 Å². The van der Waals surface area contributed by atoms with Gasteiger partial charge in [-0.15, -0.1) is 16.5 Å². The second-order valence-corrected chi connectivity index (χ2v) is 7.93. The molecule has 138 valence electrons. The van der Waals surface area contributed by atoms with Gasteiger partial charge in [-0.25, -0.2) is 0 Å². The zero-order valence-corrected chi connectivity index (χ0v) is 16.0. The van der Waals surface area contributed by atoms with Crippen molar-refractivity contribution >= 4 is 21.4 Å². The molecule has 0 radical (unpaired) electrons. The van der Waals surface area contributed by atoms with Crippen LogP contribution in [0.15, 0.2) is 45.8 Å². The summed E-state index contributed by atoms with van der Waals surface area (Å²) in [5.41, 5.74) is 0.785. The summed E-state index contributed by atoms with van der Waals surface area (Å²) in [6.45, 7) is 5.52. The molecule has 1 unspecified atom stereocenters. The highest BCUT2D eigenvalue weighted by Crippen LogP contribution is 2.38. The van der Waals surface area contributed by atoms with Crippen molar-refractivity contribution in [2.75, 3.05) is 26.7 Å². The summed E-state index contributed by atoms with van der Waals surface area (Å²) in [5.74, 6) is 1.10. The average Bonchev–Trinajstić information content (AvgIpc) is 3.13. The minimum atomic E-state index is -0.302. The molecule has 2 aromatic rings. The smallest absolute Gasteiger partial charge is 0.171 e. The van der Waals surface area contributed by atoms with Gasteiger partial charge in [0.2, 0.25) is 0 Å². The van der Waals surface area contributed by atoms with Gasteiger partial charge in [-0.1, -0.05) is 6.92 Å². The Morgan fingerprint density at radius 3 is 3.04 bits per heavy atom. The van der Waals surface area contributed by atoms with E-state index in [4.69, 9.17) is 0 Å². The average molecular weight is 372 g/mol. The fourth-order valence-electron chi connectivity index (χ4n) is 3.76. The number of phenols is 1. The highest BCUT2D eigenvalue weighted by Gasteiger charge is 2.25. The van der Waals surface area contributed by atoms with Crippen LogP contribution in [-0.2, 0) is 0 Å². The summed E-state index contributed by atoms with van der Waals surface area (Å²) >= 11 is 1.63. The van der Waals surface area contributed by atoms with Crippen LogP contribution in [0.3, 0.4) is 0 Å². The van der Waals surface area contributed by atoms with Gasteiger partial charge in [0.05, 0.1) is 0 Å². The molecular weight excluding hydrogens is 346 g/mol. The van der Waals surface area contributed by atoms with Gasteiger partial charge in [0.25, 0.3) is 0 Å². The standard InChI is InChI=1S/C19H25N5OS/c1-3-24-9-4-5-13(11-24)20-17-12-23(2)19(22-21-17)15-6-7-16-14(18(15)25)8-10-26-16/h6-8,10,12-13,19-20,25H,3-5,9,11H2,1-2H3/t13?,19-/m0/s1. The van der Waals surface area contributed by atoms with Crippen LogP contribution in [0.4, 0.5) is 0 Å². The molecule has 0 aliphatic carbocycles. The fraction of sp³-hybridized carbons (Fsp3) is 0.474. The maximum atomic E-state index is 10.6. The number of hydrogen-bond acceptors (Lipinski definition) is 7. The lowest BCUT2D eigenvalue weighted by Crippen LogP contribution is -2.45. The lowest BCUT2D eigenvalue weighted by Gasteiger charge is -2.34. The number of nitrogens with zero attached hydrogens (tertiary/aromatic N) is 4. The molecule has 1 saturated heterocycles. The van der Waals surface area contributed by atoms with Gasteiger partial charge in [0, 0.05) is 41.5 Å². The molecule has 1 aromatic carbocycles. The molecule has 2 aliphatic heterocycles. The van der Waals surface area contributed by atoms with Crippen molar-refractivity contribution in [3.05, 3.63) is 41.2 Å². The van der Waals surface area contributed by atoms with E-state index >= 15 is 0 Å². The number of phenolic OH excluding ortho intramolecular Hbond substituents is 1. The van der Waals surface area contributed by atoms with Gasteiger partial charge < -0.3 is 20.2 Å². The third-order valence-corrected chi connectivity index (χ3v) is 6.09. The molecule has 2 N–H and O–H groups in total. The Hall–Kier alpha value is -2.12. The van der Waals surface area contributed by atoms with Gasteiger partial charge in [0.15, 0.2) is 12.0 Å². The lowest BCUT2D eigenvalue weighted by molar-refractivity contribution is 0.202. The molecule has 26 heavy (non-hydrogen) atoms. The van der Waals surface area contributed by atoms with E-state index in [1.165, 1.54) is 13.0 Å². The topological polar surface area (TPSA) is 63.5 Å². The van der Waals surface area contributed by atoms with Crippen molar-refractivity contribution in [2.45, 2.75) is 32.0 Å². The molecule has 1 aromatic heterocycles. The minimum Gasteiger partial charge on any atom is -0.507 e. The summed E-state index contributed by atoms with van der Waals surface area (Å²) in [7, 11) is 1.97. The third kappa shape index (κ3) is 3.29. The van der Waals surface area contributed by atoms with E-state index in [0.29, 0.717) is 11.8 Å². The summed E-state index contributed by atoms with van der Waals surface area (Å²) in [6, 6.07) is 6.34. The Morgan fingerprint density at radius 2 is 2.23 bits per heavy atom. The van der Waals surface area contributed by atoms with E-state index in [1.807, 2.05) is 41.7 Å². The number of aromatic hydroxyl groups is 1.